The molecule has 0 fully saturated rings. The van der Waals surface area contributed by atoms with Gasteiger partial charge in [-0.1, -0.05) is 26.2 Å². The molecule has 0 atom stereocenters. The Hall–Kier alpha value is -1.50. The van der Waals surface area contributed by atoms with Crippen LogP contribution in [-0.4, -0.2) is 46.6 Å². The van der Waals surface area contributed by atoms with Gasteiger partial charge in [-0.3, -0.25) is 15.0 Å². The minimum absolute atomic E-state index is 0. The second kappa shape index (κ2) is 14.6. The zero-order valence-corrected chi connectivity index (χ0v) is 12.2. The summed E-state index contributed by atoms with van der Waals surface area (Å²) in [7, 11) is 1.44. The van der Waals surface area contributed by atoms with Gasteiger partial charge in [-0.15, -0.1) is 12.4 Å². The van der Waals surface area contributed by atoms with E-state index in [9.17, 15) is 9.59 Å². The number of unbranched alkanes of at least 4 members (excludes halogenated alkanes) is 3. The van der Waals surface area contributed by atoms with Crippen LogP contribution in [0.3, 0.4) is 0 Å². The number of rotatable bonds is 7. The van der Waals surface area contributed by atoms with Gasteiger partial charge in [0.05, 0.1) is 0 Å². The minimum Gasteiger partial charge on any atom is -0.481 e. The summed E-state index contributed by atoms with van der Waals surface area (Å²) in [6.07, 6.45) is 4.55. The molecular weight excluding hydrogens is 274 g/mol. The number of carboxylic acid groups (broad SMARTS) is 2. The highest BCUT2D eigenvalue weighted by atomic mass is 35.5. The van der Waals surface area contributed by atoms with E-state index in [1.807, 2.05) is 0 Å². The first kappa shape index (κ1) is 22.7. The van der Waals surface area contributed by atoms with Gasteiger partial charge >= 0.3 is 11.9 Å². The Morgan fingerprint density at radius 2 is 1.68 bits per heavy atom. The average Bonchev–Trinajstić information content (AvgIpc) is 2.24. The number of halogens is 1. The largest absolute Gasteiger partial charge is 0.481 e. The number of guanidine groups is 1. The minimum atomic E-state index is -0.993. The van der Waals surface area contributed by atoms with Crippen molar-refractivity contribution in [1.29, 1.82) is 5.41 Å². The topological polar surface area (TPSA) is 128 Å². The van der Waals surface area contributed by atoms with Gasteiger partial charge in [-0.2, -0.15) is 0 Å². The molecule has 114 valence electrons. The Bertz CT molecular complexity index is 275. The second-order valence-electron chi connectivity index (χ2n) is 3.84. The molecule has 0 unspecified atom stereocenters. The molecule has 0 heterocycles. The first-order valence-electron chi connectivity index (χ1n) is 5.80. The van der Waals surface area contributed by atoms with Gasteiger partial charge in [0.1, 0.15) is 6.54 Å². The van der Waals surface area contributed by atoms with Crippen LogP contribution in [0.25, 0.3) is 0 Å². The zero-order valence-electron chi connectivity index (χ0n) is 11.4. The van der Waals surface area contributed by atoms with Crippen molar-refractivity contribution >= 4 is 30.3 Å². The smallest absolute Gasteiger partial charge is 0.323 e. The van der Waals surface area contributed by atoms with Gasteiger partial charge in [0, 0.05) is 13.5 Å². The van der Waals surface area contributed by atoms with Gasteiger partial charge < -0.3 is 20.8 Å². The fourth-order valence-corrected chi connectivity index (χ4v) is 0.991. The Labute approximate surface area is 119 Å². The molecule has 0 rings (SSSR count). The highest BCUT2D eigenvalue weighted by Crippen LogP contribution is 2.01. The fraction of sp³-hybridized carbons (Fsp3) is 0.727. The van der Waals surface area contributed by atoms with Crippen LogP contribution in [0.1, 0.15) is 39.0 Å². The van der Waals surface area contributed by atoms with Gasteiger partial charge in [0.2, 0.25) is 0 Å². The average molecular weight is 298 g/mol. The molecule has 0 aliphatic rings. The van der Waals surface area contributed by atoms with E-state index >= 15 is 0 Å². The van der Waals surface area contributed by atoms with Crippen molar-refractivity contribution in [3.05, 3.63) is 0 Å². The Kier molecular flexibility index (Phi) is 17.4. The first-order chi connectivity index (χ1) is 8.31. The molecule has 5 N–H and O–H groups in total. The molecule has 0 aromatic heterocycles. The lowest BCUT2D eigenvalue weighted by molar-refractivity contribution is -0.138. The first-order valence-corrected chi connectivity index (χ1v) is 5.80. The van der Waals surface area contributed by atoms with Gasteiger partial charge in [0.15, 0.2) is 5.96 Å². The van der Waals surface area contributed by atoms with E-state index in [2.05, 4.69) is 6.92 Å². The number of likely N-dealkylation sites (N-methyl/N-ethyl adjacent to an activating group) is 1. The lowest BCUT2D eigenvalue weighted by atomic mass is 10.2. The summed E-state index contributed by atoms with van der Waals surface area (Å²) in [6.45, 7) is 1.89. The molecule has 0 saturated carbocycles. The second-order valence-corrected chi connectivity index (χ2v) is 3.84. The molecule has 0 aliphatic heterocycles. The maximum Gasteiger partial charge on any atom is 0.323 e. The Balaban J connectivity index is -0.000000256. The summed E-state index contributed by atoms with van der Waals surface area (Å²) >= 11 is 0. The van der Waals surface area contributed by atoms with Gasteiger partial charge in [0.25, 0.3) is 0 Å². The molecule has 0 saturated heterocycles. The van der Waals surface area contributed by atoms with Crippen molar-refractivity contribution in [3.63, 3.8) is 0 Å². The van der Waals surface area contributed by atoms with Crippen molar-refractivity contribution < 1.29 is 19.8 Å². The van der Waals surface area contributed by atoms with Crippen molar-refractivity contribution in [2.45, 2.75) is 39.0 Å². The number of nitrogens with zero attached hydrogens (tertiary/aromatic N) is 1. The summed E-state index contributed by atoms with van der Waals surface area (Å²) in [4.78, 5) is 21.0. The van der Waals surface area contributed by atoms with Crippen molar-refractivity contribution in [3.8, 4) is 0 Å². The predicted molar refractivity (Wildman–Crippen MR) is 75.8 cm³/mol. The maximum atomic E-state index is 9.96. The zero-order chi connectivity index (χ0) is 14.6. The third kappa shape index (κ3) is 22.2. The van der Waals surface area contributed by atoms with E-state index in [0.717, 1.165) is 24.2 Å². The van der Waals surface area contributed by atoms with Gasteiger partial charge in [-0.25, -0.2) is 0 Å². The molecule has 0 aromatic rings. The van der Waals surface area contributed by atoms with E-state index < -0.39 is 11.9 Å². The van der Waals surface area contributed by atoms with Crippen LogP contribution in [0.5, 0.6) is 0 Å². The number of carbonyl (C=O) groups is 2. The van der Waals surface area contributed by atoms with E-state index in [0.29, 0.717) is 6.42 Å². The Morgan fingerprint density at radius 1 is 1.16 bits per heavy atom. The highest BCUT2D eigenvalue weighted by molar-refractivity contribution is 5.85. The maximum absolute atomic E-state index is 9.96. The van der Waals surface area contributed by atoms with Gasteiger partial charge in [-0.05, 0) is 6.42 Å². The summed E-state index contributed by atoms with van der Waals surface area (Å²) < 4.78 is 0. The van der Waals surface area contributed by atoms with E-state index in [-0.39, 0.29) is 24.9 Å². The third-order valence-electron chi connectivity index (χ3n) is 2.03. The number of carboxylic acids is 2. The molecule has 0 aliphatic carbocycles. The monoisotopic (exact) mass is 297 g/mol. The molecule has 0 amide bonds. The summed E-state index contributed by atoms with van der Waals surface area (Å²) in [5.41, 5.74) is 4.93. The molecule has 7 nitrogen and oxygen atoms in total. The van der Waals surface area contributed by atoms with Crippen LogP contribution in [0.4, 0.5) is 0 Å². The standard InChI is InChI=1S/C7H14O2.C4H9N3O2.ClH/c1-2-3-4-5-6-7(8)9;1-7(4(5)6)2-3(8)9;/h2-6H2,1H3,(H,8,9);2H2,1H3,(H3,5,6)(H,8,9);1H. The van der Waals surface area contributed by atoms with Crippen molar-refractivity contribution in [1.82, 2.24) is 4.90 Å². The van der Waals surface area contributed by atoms with E-state index in [1.165, 1.54) is 13.5 Å². The third-order valence-corrected chi connectivity index (χ3v) is 2.03. The van der Waals surface area contributed by atoms with Crippen molar-refractivity contribution in [2.24, 2.45) is 5.73 Å². The molecule has 0 bridgehead atoms. The molecular formula is C11H24ClN3O4. The van der Waals surface area contributed by atoms with Crippen LogP contribution >= 0.6 is 12.4 Å². The number of aliphatic carboxylic acids is 2. The molecule has 19 heavy (non-hydrogen) atoms. The van der Waals surface area contributed by atoms with Crippen LogP contribution in [0.15, 0.2) is 0 Å². The van der Waals surface area contributed by atoms with Crippen molar-refractivity contribution in [2.75, 3.05) is 13.6 Å². The molecule has 0 spiro atoms. The Morgan fingerprint density at radius 3 is 1.95 bits per heavy atom. The van der Waals surface area contributed by atoms with E-state index in [1.54, 1.807) is 0 Å². The number of hydrogen-bond acceptors (Lipinski definition) is 3. The van der Waals surface area contributed by atoms with E-state index in [4.69, 9.17) is 21.4 Å². The predicted octanol–water partition coefficient (Wildman–Crippen LogP) is 1.36. The summed E-state index contributed by atoms with van der Waals surface area (Å²) in [6, 6.07) is 0. The number of nitrogens with one attached hydrogen (secondary N) is 1. The van der Waals surface area contributed by atoms with Crippen LogP contribution in [-0.2, 0) is 9.59 Å². The highest BCUT2D eigenvalue weighted by Gasteiger charge is 2.03. The molecule has 0 radical (unpaired) electrons. The molecule has 8 heteroatoms. The number of nitrogens with two attached hydrogens (primary N) is 1. The molecule has 0 aromatic carbocycles. The van der Waals surface area contributed by atoms with Crippen LogP contribution < -0.4 is 5.73 Å². The SMILES string of the molecule is CCCCCCC(=O)O.CN(CC(=O)O)C(=N)N.Cl. The number of hydrogen-bond donors (Lipinski definition) is 4. The quantitative estimate of drug-likeness (QED) is 0.319. The fourth-order valence-electron chi connectivity index (χ4n) is 0.991. The van der Waals surface area contributed by atoms with Crippen LogP contribution in [0, 0.1) is 5.41 Å². The summed E-state index contributed by atoms with van der Waals surface area (Å²) in [5.74, 6) is -1.91. The lowest BCUT2D eigenvalue weighted by Crippen LogP contribution is -2.36. The normalized spacial score (nSPS) is 8.53. The van der Waals surface area contributed by atoms with Crippen LogP contribution in [0.2, 0.25) is 0 Å². The summed E-state index contributed by atoms with van der Waals surface area (Å²) in [5, 5.41) is 23.1. The lowest BCUT2D eigenvalue weighted by Gasteiger charge is -2.12.